The molecule has 2 heterocycles. The lowest BCUT2D eigenvalue weighted by molar-refractivity contribution is 0.782. The lowest BCUT2D eigenvalue weighted by Crippen LogP contribution is -2.24. The predicted molar refractivity (Wildman–Crippen MR) is 137 cm³/mol. The van der Waals surface area contributed by atoms with Gasteiger partial charge in [0.25, 0.3) is 0 Å². The van der Waals surface area contributed by atoms with Crippen LogP contribution in [0.1, 0.15) is 16.7 Å². The van der Waals surface area contributed by atoms with E-state index in [2.05, 4.69) is 68.5 Å². The molecule has 0 atom stereocenters. The molecule has 2 aromatic heterocycles. The van der Waals surface area contributed by atoms with E-state index in [1.165, 1.54) is 16.7 Å². The molecule has 164 valence electrons. The highest BCUT2D eigenvalue weighted by Crippen LogP contribution is 2.33. The summed E-state index contributed by atoms with van der Waals surface area (Å²) in [4.78, 5) is 15.8. The van der Waals surface area contributed by atoms with Gasteiger partial charge in [-0.2, -0.15) is 0 Å². The smallest absolute Gasteiger partial charge is 0.189 e. The van der Waals surface area contributed by atoms with Crippen LogP contribution in [0.4, 0.5) is 22.5 Å². The molecule has 7 heteroatoms. The van der Waals surface area contributed by atoms with Gasteiger partial charge in [0.05, 0.1) is 10.2 Å². The summed E-state index contributed by atoms with van der Waals surface area (Å²) >= 11 is 1.58. The number of hydrogen-bond acceptors (Lipinski definition) is 7. The van der Waals surface area contributed by atoms with Gasteiger partial charge in [-0.1, -0.05) is 78.1 Å². The van der Waals surface area contributed by atoms with Crippen LogP contribution in [0.2, 0.25) is 0 Å². The number of nitrogens with two attached hydrogens (primary N) is 1. The van der Waals surface area contributed by atoms with E-state index >= 15 is 0 Å². The number of nitrogens with zero attached hydrogens (tertiary/aromatic N) is 4. The van der Waals surface area contributed by atoms with Gasteiger partial charge >= 0.3 is 0 Å². The van der Waals surface area contributed by atoms with E-state index in [4.69, 9.17) is 5.73 Å². The zero-order valence-corrected chi connectivity index (χ0v) is 19.1. The molecule has 0 saturated carbocycles. The number of aryl methyl sites for hydroxylation is 1. The van der Waals surface area contributed by atoms with Crippen molar-refractivity contribution in [2.75, 3.05) is 16.0 Å². The van der Waals surface area contributed by atoms with Crippen LogP contribution in [-0.2, 0) is 13.1 Å². The minimum Gasteiger partial charge on any atom is -0.393 e. The van der Waals surface area contributed by atoms with Crippen molar-refractivity contribution in [1.29, 1.82) is 0 Å². The highest BCUT2D eigenvalue weighted by atomic mass is 32.1. The van der Waals surface area contributed by atoms with E-state index in [1.807, 2.05) is 42.5 Å². The van der Waals surface area contributed by atoms with Gasteiger partial charge in [-0.05, 0) is 35.7 Å². The second-order valence-corrected chi connectivity index (χ2v) is 8.93. The van der Waals surface area contributed by atoms with Gasteiger partial charge in [-0.3, -0.25) is 0 Å². The third-order valence-electron chi connectivity index (χ3n) is 5.36. The van der Waals surface area contributed by atoms with Gasteiger partial charge < -0.3 is 16.0 Å². The van der Waals surface area contributed by atoms with Crippen LogP contribution in [-0.4, -0.2) is 15.0 Å². The molecule has 0 radical (unpaired) electrons. The average molecular weight is 453 g/mol. The highest BCUT2D eigenvalue weighted by molar-refractivity contribution is 7.22. The van der Waals surface area contributed by atoms with Crippen molar-refractivity contribution in [2.24, 2.45) is 0 Å². The maximum atomic E-state index is 6.61. The number of aromatic nitrogens is 3. The summed E-state index contributed by atoms with van der Waals surface area (Å²) in [7, 11) is 0. The molecule has 0 saturated heterocycles. The first-order chi connectivity index (χ1) is 16.2. The Morgan fingerprint density at radius 2 is 1.55 bits per heavy atom. The van der Waals surface area contributed by atoms with Gasteiger partial charge in [0.15, 0.2) is 16.8 Å². The van der Waals surface area contributed by atoms with E-state index in [0.29, 0.717) is 30.4 Å². The quantitative estimate of drug-likeness (QED) is 0.319. The molecule has 5 aromatic rings. The fraction of sp³-hybridized carbons (Fsp3) is 0.115. The van der Waals surface area contributed by atoms with Crippen molar-refractivity contribution in [3.05, 3.63) is 102 Å². The number of benzene rings is 3. The second kappa shape index (κ2) is 9.26. The van der Waals surface area contributed by atoms with E-state index in [9.17, 15) is 0 Å². The van der Waals surface area contributed by atoms with Crippen LogP contribution in [0.5, 0.6) is 0 Å². The Morgan fingerprint density at radius 3 is 2.21 bits per heavy atom. The molecule has 0 aliphatic rings. The predicted octanol–water partition coefficient (Wildman–Crippen LogP) is 5.93. The minimum absolute atomic E-state index is 0.500. The zero-order valence-electron chi connectivity index (χ0n) is 18.3. The average Bonchev–Trinajstić information content (AvgIpc) is 3.23. The molecule has 0 aliphatic heterocycles. The Labute approximate surface area is 196 Å². The first-order valence-electron chi connectivity index (χ1n) is 10.7. The molecule has 3 N–H and O–H groups in total. The van der Waals surface area contributed by atoms with Crippen molar-refractivity contribution in [2.45, 2.75) is 20.0 Å². The van der Waals surface area contributed by atoms with Crippen LogP contribution < -0.4 is 16.0 Å². The molecule has 0 amide bonds. The molecular weight excluding hydrogens is 428 g/mol. The number of fused-ring (bicyclic) bond motifs is 1. The Balaban J connectivity index is 1.47. The Bertz CT molecular complexity index is 1330. The van der Waals surface area contributed by atoms with Crippen LogP contribution in [0.15, 0.2) is 85.2 Å². The number of rotatable bonds is 7. The lowest BCUT2D eigenvalue weighted by Gasteiger charge is -2.26. The number of hydrogen-bond donors (Lipinski definition) is 2. The van der Waals surface area contributed by atoms with Crippen molar-refractivity contribution in [3.8, 4) is 0 Å². The molecule has 3 aromatic carbocycles. The first-order valence-corrected chi connectivity index (χ1v) is 11.5. The number of nitrogen functional groups attached to an aromatic ring is 1. The summed E-state index contributed by atoms with van der Waals surface area (Å²) in [6.07, 6.45) is 1.55. The summed E-state index contributed by atoms with van der Waals surface area (Å²) < 4.78 is 1.13. The molecule has 33 heavy (non-hydrogen) atoms. The van der Waals surface area contributed by atoms with Crippen LogP contribution >= 0.6 is 11.3 Å². The highest BCUT2D eigenvalue weighted by Gasteiger charge is 2.17. The Morgan fingerprint density at radius 1 is 0.879 bits per heavy atom. The standard InChI is InChI=1S/C26H24N6S/c1-18-12-13-21-22(14-18)33-26(30-21)31-24-23(27)25(29-17-28-24)32(15-19-8-4-2-5-9-19)16-20-10-6-3-7-11-20/h2-14,17H,15-16,27H2,1H3,(H,28,29,30,31). The van der Waals surface area contributed by atoms with Crippen molar-refractivity contribution >= 4 is 44.0 Å². The molecule has 0 bridgehead atoms. The van der Waals surface area contributed by atoms with Gasteiger partial charge in [-0.25, -0.2) is 15.0 Å². The fourth-order valence-corrected chi connectivity index (χ4v) is 4.70. The van der Waals surface area contributed by atoms with E-state index in [-0.39, 0.29) is 0 Å². The van der Waals surface area contributed by atoms with Crippen molar-refractivity contribution in [3.63, 3.8) is 0 Å². The summed E-state index contributed by atoms with van der Waals surface area (Å²) in [6, 6.07) is 26.9. The maximum Gasteiger partial charge on any atom is 0.189 e. The van der Waals surface area contributed by atoms with Gasteiger partial charge in [0, 0.05) is 13.1 Å². The summed E-state index contributed by atoms with van der Waals surface area (Å²) in [5.41, 5.74) is 11.6. The third kappa shape index (κ3) is 4.78. The summed E-state index contributed by atoms with van der Waals surface area (Å²) in [6.45, 7) is 3.43. The molecule has 0 aliphatic carbocycles. The largest absolute Gasteiger partial charge is 0.393 e. The summed E-state index contributed by atoms with van der Waals surface area (Å²) in [5.74, 6) is 1.25. The minimum atomic E-state index is 0.500. The van der Waals surface area contributed by atoms with E-state index in [1.54, 1.807) is 17.7 Å². The summed E-state index contributed by atoms with van der Waals surface area (Å²) in [5, 5.41) is 4.06. The second-order valence-electron chi connectivity index (χ2n) is 7.90. The van der Waals surface area contributed by atoms with Gasteiger partial charge in [0.2, 0.25) is 0 Å². The molecule has 0 spiro atoms. The Hall–Kier alpha value is -3.97. The molecule has 5 rings (SSSR count). The van der Waals surface area contributed by atoms with Crippen LogP contribution in [0, 0.1) is 6.92 Å². The topological polar surface area (TPSA) is 80.0 Å². The molecule has 6 nitrogen and oxygen atoms in total. The number of thiazole rings is 1. The van der Waals surface area contributed by atoms with Gasteiger partial charge in [0.1, 0.15) is 12.0 Å². The monoisotopic (exact) mass is 452 g/mol. The number of anilines is 4. The first kappa shape index (κ1) is 20.9. The van der Waals surface area contributed by atoms with E-state index < -0.39 is 0 Å². The van der Waals surface area contributed by atoms with Crippen LogP contribution in [0.3, 0.4) is 0 Å². The van der Waals surface area contributed by atoms with Crippen molar-refractivity contribution < 1.29 is 0 Å². The molecular formula is C26H24N6S. The van der Waals surface area contributed by atoms with Crippen LogP contribution in [0.25, 0.3) is 10.2 Å². The zero-order chi connectivity index (χ0) is 22.6. The third-order valence-corrected chi connectivity index (χ3v) is 6.30. The fourth-order valence-electron chi connectivity index (χ4n) is 3.74. The number of nitrogens with one attached hydrogen (secondary N) is 1. The molecule has 0 unspecified atom stereocenters. The van der Waals surface area contributed by atoms with E-state index in [0.717, 1.165) is 15.3 Å². The normalized spacial score (nSPS) is 10.9. The molecule has 0 fully saturated rings. The Kier molecular flexibility index (Phi) is 5.87. The van der Waals surface area contributed by atoms with Crippen molar-refractivity contribution in [1.82, 2.24) is 15.0 Å². The lowest BCUT2D eigenvalue weighted by atomic mass is 10.1. The maximum absolute atomic E-state index is 6.61. The SMILES string of the molecule is Cc1ccc2nc(Nc3ncnc(N(Cc4ccccc4)Cc4ccccc4)c3N)sc2c1. The van der Waals surface area contributed by atoms with Gasteiger partial charge in [-0.15, -0.1) is 0 Å².